The molecule has 0 aliphatic rings. The minimum absolute atomic E-state index is 0.0114. The van der Waals surface area contributed by atoms with Gasteiger partial charge in [-0.2, -0.15) is 0 Å². The van der Waals surface area contributed by atoms with Crippen molar-refractivity contribution in [2.45, 2.75) is 96.8 Å². The molecule has 7 heteroatoms. The van der Waals surface area contributed by atoms with Crippen molar-refractivity contribution in [2.75, 3.05) is 54.1 Å². The van der Waals surface area contributed by atoms with E-state index in [0.29, 0.717) is 17.6 Å². The normalized spacial score (nSPS) is 14.3. The molecular weight excluding hydrogens is 425 g/mol. The summed E-state index contributed by atoms with van der Waals surface area (Å²) in [5.41, 5.74) is 0. The summed E-state index contributed by atoms with van der Waals surface area (Å²) in [5.74, 6) is 0. The quantitative estimate of drug-likeness (QED) is 0.0711. The van der Waals surface area contributed by atoms with Crippen LogP contribution in [0.4, 0.5) is 0 Å². The number of allylic oxidation sites excluding steroid dienone is 2. The highest BCUT2D eigenvalue weighted by molar-refractivity contribution is 7.45. The molecule has 0 aromatic heterocycles. The number of hydrogen-bond donors (Lipinski definition) is 0. The standard InChI is InChI=1S/C25H52NO5P/c1-5-6-7-8-9-10-11-12-13-14-15-16-17-18-19-20-22-29-24-25-31-32(27,28)30-23-21-26(2,3)4/h12-13H,5-11,14-25H2,1-4H3/b13-12-. The molecule has 0 spiro atoms. The van der Waals surface area contributed by atoms with E-state index in [-0.39, 0.29) is 19.8 Å². The number of nitrogens with zero attached hydrogens (tertiary/aromatic N) is 1. The minimum Gasteiger partial charge on any atom is -0.756 e. The Labute approximate surface area is 198 Å². The van der Waals surface area contributed by atoms with E-state index in [1.165, 1.54) is 77.0 Å². The predicted octanol–water partition coefficient (Wildman–Crippen LogP) is 6.25. The monoisotopic (exact) mass is 477 g/mol. The van der Waals surface area contributed by atoms with Gasteiger partial charge in [0.15, 0.2) is 0 Å². The van der Waals surface area contributed by atoms with Crippen LogP contribution in [0.25, 0.3) is 0 Å². The second kappa shape index (κ2) is 21.3. The van der Waals surface area contributed by atoms with Gasteiger partial charge in [0.2, 0.25) is 0 Å². The third kappa shape index (κ3) is 26.0. The maximum Gasteiger partial charge on any atom is 0.268 e. The number of phosphoric ester groups is 1. The SMILES string of the molecule is CCCCCCCC/C=C\CCCCCCCCOCCOP(=O)([O-])OCC[N+](C)(C)C. The zero-order valence-corrected chi connectivity index (χ0v) is 22.4. The number of ether oxygens (including phenoxy) is 1. The summed E-state index contributed by atoms with van der Waals surface area (Å²) in [4.78, 5) is 11.6. The van der Waals surface area contributed by atoms with Crippen LogP contribution in [0.15, 0.2) is 12.2 Å². The van der Waals surface area contributed by atoms with Crippen LogP contribution in [0.3, 0.4) is 0 Å². The Morgan fingerprint density at radius 3 is 1.75 bits per heavy atom. The number of likely N-dealkylation sites (N-methyl/N-ethyl adjacent to an activating group) is 1. The van der Waals surface area contributed by atoms with Gasteiger partial charge in [-0.1, -0.05) is 76.9 Å². The average molecular weight is 478 g/mol. The molecule has 0 aliphatic heterocycles. The largest absolute Gasteiger partial charge is 0.756 e. The molecule has 0 saturated carbocycles. The summed E-state index contributed by atoms with van der Waals surface area (Å²) in [6.07, 6.45) is 22.7. The molecule has 0 aromatic rings. The highest BCUT2D eigenvalue weighted by atomic mass is 31.2. The molecular formula is C25H52NO5P. The summed E-state index contributed by atoms with van der Waals surface area (Å²) < 4.78 is 27.4. The minimum atomic E-state index is -4.22. The zero-order valence-electron chi connectivity index (χ0n) is 21.5. The Morgan fingerprint density at radius 1 is 0.688 bits per heavy atom. The molecule has 0 radical (unpaired) electrons. The Kier molecular flexibility index (Phi) is 21.2. The van der Waals surface area contributed by atoms with Crippen LogP contribution in [0.2, 0.25) is 0 Å². The maximum atomic E-state index is 11.6. The van der Waals surface area contributed by atoms with E-state index in [1.807, 2.05) is 21.1 Å². The molecule has 0 aromatic carbocycles. The number of quaternary nitrogens is 1. The van der Waals surface area contributed by atoms with Crippen molar-refractivity contribution in [3.8, 4) is 0 Å². The fourth-order valence-corrected chi connectivity index (χ4v) is 3.90. The molecule has 0 fully saturated rings. The number of rotatable bonds is 24. The van der Waals surface area contributed by atoms with Crippen molar-refractivity contribution >= 4 is 7.82 Å². The average Bonchev–Trinajstić information content (AvgIpc) is 2.71. The maximum absolute atomic E-state index is 11.6. The van der Waals surface area contributed by atoms with Crippen molar-refractivity contribution < 1.29 is 27.7 Å². The summed E-state index contributed by atoms with van der Waals surface area (Å²) in [6, 6.07) is 0. The van der Waals surface area contributed by atoms with E-state index in [0.717, 1.165) is 12.8 Å². The van der Waals surface area contributed by atoms with E-state index < -0.39 is 7.82 Å². The Bertz CT molecular complexity index is 479. The lowest BCUT2D eigenvalue weighted by atomic mass is 10.1. The van der Waals surface area contributed by atoms with Crippen LogP contribution in [0, 0.1) is 0 Å². The lowest BCUT2D eigenvalue weighted by Crippen LogP contribution is -2.37. The van der Waals surface area contributed by atoms with Crippen LogP contribution in [-0.2, 0) is 18.3 Å². The van der Waals surface area contributed by atoms with Gasteiger partial charge in [-0.25, -0.2) is 0 Å². The van der Waals surface area contributed by atoms with Gasteiger partial charge in [-0.05, 0) is 32.1 Å². The lowest BCUT2D eigenvalue weighted by Gasteiger charge is -2.27. The molecule has 0 amide bonds. The molecule has 192 valence electrons. The van der Waals surface area contributed by atoms with Crippen LogP contribution in [-0.4, -0.2) is 58.6 Å². The molecule has 0 aliphatic carbocycles. The van der Waals surface area contributed by atoms with Crippen LogP contribution >= 0.6 is 7.82 Å². The second-order valence-corrected chi connectivity index (χ2v) is 11.1. The van der Waals surface area contributed by atoms with Crippen molar-refractivity contribution in [1.82, 2.24) is 0 Å². The van der Waals surface area contributed by atoms with E-state index in [2.05, 4.69) is 19.1 Å². The third-order valence-electron chi connectivity index (χ3n) is 5.29. The number of unbranched alkanes of at least 4 members (excludes halogenated alkanes) is 12. The molecule has 6 nitrogen and oxygen atoms in total. The van der Waals surface area contributed by atoms with E-state index in [1.54, 1.807) is 0 Å². The summed E-state index contributed by atoms with van der Waals surface area (Å²) >= 11 is 0. The molecule has 0 rings (SSSR count). The Morgan fingerprint density at radius 2 is 1.19 bits per heavy atom. The predicted molar refractivity (Wildman–Crippen MR) is 133 cm³/mol. The summed E-state index contributed by atoms with van der Waals surface area (Å²) in [7, 11) is 1.71. The lowest BCUT2D eigenvalue weighted by molar-refractivity contribution is -0.870. The first-order chi connectivity index (χ1) is 15.3. The number of hydrogen-bond acceptors (Lipinski definition) is 5. The van der Waals surface area contributed by atoms with Crippen molar-refractivity contribution in [2.24, 2.45) is 0 Å². The molecule has 1 unspecified atom stereocenters. The summed E-state index contributed by atoms with van der Waals surface area (Å²) in [6.45, 7) is 3.92. The van der Waals surface area contributed by atoms with E-state index in [9.17, 15) is 9.46 Å². The molecule has 32 heavy (non-hydrogen) atoms. The first-order valence-electron chi connectivity index (χ1n) is 12.9. The fraction of sp³-hybridized carbons (Fsp3) is 0.920. The van der Waals surface area contributed by atoms with Gasteiger partial charge in [0.25, 0.3) is 7.82 Å². The first kappa shape index (κ1) is 31.8. The topological polar surface area (TPSA) is 67.8 Å². The van der Waals surface area contributed by atoms with Gasteiger partial charge in [-0.15, -0.1) is 0 Å². The highest BCUT2D eigenvalue weighted by Gasteiger charge is 2.13. The van der Waals surface area contributed by atoms with Gasteiger partial charge in [-0.3, -0.25) is 4.57 Å². The second-order valence-electron chi connectivity index (χ2n) is 9.68. The van der Waals surface area contributed by atoms with E-state index >= 15 is 0 Å². The smallest absolute Gasteiger partial charge is 0.268 e. The molecule has 0 heterocycles. The summed E-state index contributed by atoms with van der Waals surface area (Å²) in [5, 5.41) is 0. The molecule has 0 bridgehead atoms. The Balaban J connectivity index is 3.31. The Hall–Kier alpha value is -0.230. The first-order valence-corrected chi connectivity index (χ1v) is 14.4. The van der Waals surface area contributed by atoms with Crippen LogP contribution < -0.4 is 4.89 Å². The zero-order chi connectivity index (χ0) is 24.0. The van der Waals surface area contributed by atoms with Gasteiger partial charge < -0.3 is 23.2 Å². The molecule has 0 saturated heterocycles. The van der Waals surface area contributed by atoms with Crippen molar-refractivity contribution in [3.63, 3.8) is 0 Å². The number of phosphoric acid groups is 1. The van der Waals surface area contributed by atoms with E-state index in [4.69, 9.17) is 13.8 Å². The highest BCUT2D eigenvalue weighted by Crippen LogP contribution is 2.37. The van der Waals surface area contributed by atoms with Crippen LogP contribution in [0.5, 0.6) is 0 Å². The van der Waals surface area contributed by atoms with Gasteiger partial charge >= 0.3 is 0 Å². The van der Waals surface area contributed by atoms with Gasteiger partial charge in [0.1, 0.15) is 13.2 Å². The van der Waals surface area contributed by atoms with Crippen molar-refractivity contribution in [3.05, 3.63) is 12.2 Å². The van der Waals surface area contributed by atoms with Gasteiger partial charge in [0, 0.05) is 6.61 Å². The molecule has 1 atom stereocenters. The fourth-order valence-electron chi connectivity index (χ4n) is 3.23. The third-order valence-corrected chi connectivity index (χ3v) is 6.29. The van der Waals surface area contributed by atoms with Crippen LogP contribution in [0.1, 0.15) is 96.8 Å². The molecule has 0 N–H and O–H groups in total. The van der Waals surface area contributed by atoms with Crippen molar-refractivity contribution in [1.29, 1.82) is 0 Å². The van der Waals surface area contributed by atoms with Gasteiger partial charge in [0.05, 0.1) is 34.4 Å².